The van der Waals surface area contributed by atoms with E-state index in [0.29, 0.717) is 5.92 Å². The Bertz CT molecular complexity index is 396. The molecule has 1 fully saturated rings. The lowest BCUT2D eigenvalue weighted by Gasteiger charge is -2.34. The Hall–Kier alpha value is -0.420. The van der Waals surface area contributed by atoms with Gasteiger partial charge in [-0.1, -0.05) is 35.0 Å². The third-order valence-electron chi connectivity index (χ3n) is 4.06. The Morgan fingerprint density at radius 1 is 1.42 bits per heavy atom. The van der Waals surface area contributed by atoms with Gasteiger partial charge in [-0.2, -0.15) is 0 Å². The minimum atomic E-state index is -0.183. The first-order valence-corrected chi connectivity index (χ1v) is 7.77. The van der Waals surface area contributed by atoms with Gasteiger partial charge in [-0.25, -0.2) is 0 Å². The summed E-state index contributed by atoms with van der Waals surface area (Å²) >= 11 is 3.43. The van der Waals surface area contributed by atoms with Crippen molar-refractivity contribution >= 4 is 15.9 Å². The fourth-order valence-corrected chi connectivity index (χ4v) is 2.78. The molecule has 1 aliphatic rings. The van der Waals surface area contributed by atoms with Gasteiger partial charge in [0.1, 0.15) is 0 Å². The molecule has 2 rings (SSSR count). The molecule has 3 atom stereocenters. The number of aliphatic hydroxyl groups is 1. The summed E-state index contributed by atoms with van der Waals surface area (Å²) in [4.78, 5) is 2.32. The van der Waals surface area contributed by atoms with Gasteiger partial charge >= 0.3 is 0 Å². The predicted molar refractivity (Wildman–Crippen MR) is 81.9 cm³/mol. The van der Waals surface area contributed by atoms with Crippen LogP contribution in [0.15, 0.2) is 28.7 Å². The summed E-state index contributed by atoms with van der Waals surface area (Å²) in [5.74, 6) is 0.427. The van der Waals surface area contributed by atoms with E-state index >= 15 is 0 Å². The summed E-state index contributed by atoms with van der Waals surface area (Å²) in [7, 11) is 0. The standard InChI is InChI=1S/C15H23BrN2O/c1-11-6-8-18(10-15(11)19)9-7-14(17)12-2-4-13(16)5-3-12/h2-5,11,14-15,19H,6-10,17H2,1H3. The number of rotatable bonds is 4. The molecule has 1 heterocycles. The van der Waals surface area contributed by atoms with Crippen LogP contribution in [-0.2, 0) is 0 Å². The maximum atomic E-state index is 9.88. The van der Waals surface area contributed by atoms with Crippen molar-refractivity contribution in [2.75, 3.05) is 19.6 Å². The lowest BCUT2D eigenvalue weighted by atomic mass is 9.95. The normalized spacial score (nSPS) is 26.3. The number of nitrogens with two attached hydrogens (primary N) is 1. The second kappa shape index (κ2) is 6.84. The highest BCUT2D eigenvalue weighted by Crippen LogP contribution is 2.20. The molecule has 0 spiro atoms. The van der Waals surface area contributed by atoms with Crippen LogP contribution in [0.4, 0.5) is 0 Å². The highest BCUT2D eigenvalue weighted by Gasteiger charge is 2.24. The van der Waals surface area contributed by atoms with E-state index in [1.54, 1.807) is 0 Å². The number of β-amino-alcohol motifs (C(OH)–C–C–N with tert-alkyl or cyclic N) is 1. The molecule has 0 aliphatic carbocycles. The van der Waals surface area contributed by atoms with Crippen molar-refractivity contribution in [3.05, 3.63) is 34.3 Å². The van der Waals surface area contributed by atoms with E-state index in [4.69, 9.17) is 5.73 Å². The second-order valence-corrected chi connectivity index (χ2v) is 6.50. The highest BCUT2D eigenvalue weighted by molar-refractivity contribution is 9.10. The zero-order valence-corrected chi connectivity index (χ0v) is 13.0. The van der Waals surface area contributed by atoms with E-state index in [-0.39, 0.29) is 12.1 Å². The van der Waals surface area contributed by atoms with E-state index in [1.165, 1.54) is 5.56 Å². The molecule has 1 saturated heterocycles. The van der Waals surface area contributed by atoms with Crippen LogP contribution in [0.5, 0.6) is 0 Å². The molecule has 0 aromatic heterocycles. The Labute approximate surface area is 123 Å². The Kier molecular flexibility index (Phi) is 5.39. The molecule has 3 nitrogen and oxygen atoms in total. The molecule has 0 radical (unpaired) electrons. The SMILES string of the molecule is CC1CCN(CCC(N)c2ccc(Br)cc2)CC1O. The number of hydrogen-bond acceptors (Lipinski definition) is 3. The van der Waals surface area contributed by atoms with E-state index in [2.05, 4.69) is 39.9 Å². The van der Waals surface area contributed by atoms with Crippen LogP contribution in [0.1, 0.15) is 31.4 Å². The molecular formula is C15H23BrN2O. The molecule has 0 bridgehead atoms. The molecule has 1 aliphatic heterocycles. The van der Waals surface area contributed by atoms with E-state index in [0.717, 1.165) is 36.9 Å². The third-order valence-corrected chi connectivity index (χ3v) is 4.59. The van der Waals surface area contributed by atoms with Crippen molar-refractivity contribution in [2.45, 2.75) is 31.9 Å². The Morgan fingerprint density at radius 3 is 2.74 bits per heavy atom. The summed E-state index contributed by atoms with van der Waals surface area (Å²) in [5, 5.41) is 9.88. The molecule has 0 amide bonds. The van der Waals surface area contributed by atoms with E-state index in [9.17, 15) is 5.11 Å². The van der Waals surface area contributed by atoms with Crippen molar-refractivity contribution < 1.29 is 5.11 Å². The molecule has 19 heavy (non-hydrogen) atoms. The minimum absolute atomic E-state index is 0.0737. The van der Waals surface area contributed by atoms with Gasteiger partial charge in [0, 0.05) is 23.6 Å². The zero-order chi connectivity index (χ0) is 13.8. The lowest BCUT2D eigenvalue weighted by molar-refractivity contribution is 0.0282. The molecule has 0 saturated carbocycles. The first kappa shape index (κ1) is 15.0. The van der Waals surface area contributed by atoms with Crippen LogP contribution in [0.2, 0.25) is 0 Å². The van der Waals surface area contributed by atoms with Gasteiger partial charge in [0.05, 0.1) is 6.10 Å². The van der Waals surface area contributed by atoms with E-state index in [1.807, 2.05) is 12.1 Å². The maximum Gasteiger partial charge on any atom is 0.0693 e. The lowest BCUT2D eigenvalue weighted by Crippen LogP contribution is -2.43. The topological polar surface area (TPSA) is 49.5 Å². The summed E-state index contributed by atoms with van der Waals surface area (Å²) in [6.45, 7) is 4.94. The summed E-state index contributed by atoms with van der Waals surface area (Å²) in [6, 6.07) is 8.27. The van der Waals surface area contributed by atoms with Crippen LogP contribution < -0.4 is 5.73 Å². The van der Waals surface area contributed by atoms with Gasteiger partial charge in [0.2, 0.25) is 0 Å². The molecule has 106 valence electrons. The number of hydrogen-bond donors (Lipinski definition) is 2. The second-order valence-electron chi connectivity index (χ2n) is 5.58. The van der Waals surface area contributed by atoms with Crippen LogP contribution in [0, 0.1) is 5.92 Å². The van der Waals surface area contributed by atoms with Gasteiger partial charge < -0.3 is 15.7 Å². The van der Waals surface area contributed by atoms with Crippen molar-refractivity contribution in [1.29, 1.82) is 0 Å². The molecule has 3 N–H and O–H groups in total. The first-order chi connectivity index (χ1) is 9.06. The molecule has 1 aromatic carbocycles. The fraction of sp³-hybridized carbons (Fsp3) is 0.600. The maximum absolute atomic E-state index is 9.88. The number of nitrogens with zero attached hydrogens (tertiary/aromatic N) is 1. The quantitative estimate of drug-likeness (QED) is 0.893. The van der Waals surface area contributed by atoms with Crippen molar-refractivity contribution in [3.63, 3.8) is 0 Å². The van der Waals surface area contributed by atoms with Crippen LogP contribution >= 0.6 is 15.9 Å². The zero-order valence-electron chi connectivity index (χ0n) is 11.4. The smallest absolute Gasteiger partial charge is 0.0693 e. The Morgan fingerprint density at radius 2 is 2.11 bits per heavy atom. The summed E-state index contributed by atoms with van der Waals surface area (Å²) in [5.41, 5.74) is 7.39. The van der Waals surface area contributed by atoms with Gasteiger partial charge in [-0.05, 0) is 43.0 Å². The molecular weight excluding hydrogens is 304 g/mol. The highest BCUT2D eigenvalue weighted by atomic mass is 79.9. The number of piperidine rings is 1. The van der Waals surface area contributed by atoms with Crippen LogP contribution in [0.25, 0.3) is 0 Å². The summed E-state index contributed by atoms with van der Waals surface area (Å²) in [6.07, 6.45) is 1.83. The first-order valence-electron chi connectivity index (χ1n) is 6.97. The molecule has 1 aromatic rings. The third kappa shape index (κ3) is 4.28. The van der Waals surface area contributed by atoms with Gasteiger partial charge in [-0.3, -0.25) is 0 Å². The number of halogens is 1. The number of benzene rings is 1. The van der Waals surface area contributed by atoms with Gasteiger partial charge in [0.25, 0.3) is 0 Å². The van der Waals surface area contributed by atoms with E-state index < -0.39 is 0 Å². The van der Waals surface area contributed by atoms with Gasteiger partial charge in [0.15, 0.2) is 0 Å². The van der Waals surface area contributed by atoms with Crippen molar-refractivity contribution in [2.24, 2.45) is 11.7 Å². The van der Waals surface area contributed by atoms with Crippen LogP contribution in [-0.4, -0.2) is 35.7 Å². The number of aliphatic hydroxyl groups excluding tert-OH is 1. The average Bonchev–Trinajstić information content (AvgIpc) is 2.40. The largest absolute Gasteiger partial charge is 0.392 e. The Balaban J connectivity index is 1.80. The molecule has 3 unspecified atom stereocenters. The van der Waals surface area contributed by atoms with Gasteiger partial charge in [-0.15, -0.1) is 0 Å². The average molecular weight is 327 g/mol. The van der Waals surface area contributed by atoms with Crippen LogP contribution in [0.3, 0.4) is 0 Å². The minimum Gasteiger partial charge on any atom is -0.392 e. The molecule has 4 heteroatoms. The van der Waals surface area contributed by atoms with Crippen molar-refractivity contribution in [1.82, 2.24) is 4.90 Å². The monoisotopic (exact) mass is 326 g/mol. The van der Waals surface area contributed by atoms with Crippen molar-refractivity contribution in [3.8, 4) is 0 Å². The number of likely N-dealkylation sites (tertiary alicyclic amines) is 1. The fourth-order valence-electron chi connectivity index (χ4n) is 2.52. The summed E-state index contributed by atoms with van der Waals surface area (Å²) < 4.78 is 1.08. The predicted octanol–water partition coefficient (Wildman–Crippen LogP) is 2.54.